The van der Waals surface area contributed by atoms with Gasteiger partial charge in [-0.15, -0.1) is 0 Å². The lowest BCUT2D eigenvalue weighted by molar-refractivity contribution is 0.105. The highest BCUT2D eigenvalue weighted by molar-refractivity contribution is 7.92. The summed E-state index contributed by atoms with van der Waals surface area (Å²) in [4.78, 5) is 26.7. The Balaban J connectivity index is 2.57. The molecule has 2 aromatic carbocycles. The summed E-state index contributed by atoms with van der Waals surface area (Å²) < 4.78 is 0. The summed E-state index contributed by atoms with van der Waals surface area (Å²) in [6.07, 6.45) is 1.82. The molecule has 2 rings (SSSR count). The van der Waals surface area contributed by atoms with Gasteiger partial charge in [0.1, 0.15) is 0 Å². The summed E-state index contributed by atoms with van der Waals surface area (Å²) in [6, 6.07) is 8.04. The summed E-state index contributed by atoms with van der Waals surface area (Å²) in [7, 11) is -1.58. The van der Waals surface area contributed by atoms with Gasteiger partial charge in [-0.25, -0.2) is 0 Å². The van der Waals surface area contributed by atoms with Crippen molar-refractivity contribution in [3.05, 3.63) is 80.7 Å². The van der Waals surface area contributed by atoms with E-state index in [1.54, 1.807) is 5.82 Å². The largest absolute Gasteiger partial charge is 0.288 e. The molecule has 0 bridgehead atoms. The minimum atomic E-state index is -1.58. The second-order valence-electron chi connectivity index (χ2n) is 7.01. The normalized spacial score (nSPS) is 11.4. The van der Waals surface area contributed by atoms with Crippen molar-refractivity contribution in [2.45, 2.75) is 48.5 Å². The highest BCUT2D eigenvalue weighted by atomic mass is 31.1. The maximum Gasteiger partial charge on any atom is 0.196 e. The van der Waals surface area contributed by atoms with Crippen LogP contribution in [0.1, 0.15) is 61.0 Å². The first-order chi connectivity index (χ1) is 12.2. The van der Waals surface area contributed by atoms with Gasteiger partial charge in [0.25, 0.3) is 0 Å². The molecule has 0 aliphatic rings. The third-order valence-corrected chi connectivity index (χ3v) is 6.44. The molecule has 0 fully saturated rings. The SMILES string of the molecule is CC=CP(C(=O)c1c(C)cc(C)cc1C)C(=O)c1c(C)cc(C)cc1C. The van der Waals surface area contributed by atoms with Crippen LogP contribution in [-0.4, -0.2) is 11.0 Å². The quantitative estimate of drug-likeness (QED) is 0.564. The Kier molecular flexibility index (Phi) is 6.31. The first-order valence-corrected chi connectivity index (χ1v) is 10.2. The van der Waals surface area contributed by atoms with Gasteiger partial charge in [-0.2, -0.15) is 0 Å². The molecule has 0 atom stereocenters. The van der Waals surface area contributed by atoms with E-state index in [-0.39, 0.29) is 11.0 Å². The summed E-state index contributed by atoms with van der Waals surface area (Å²) in [5, 5.41) is 0. The van der Waals surface area contributed by atoms with E-state index in [9.17, 15) is 9.59 Å². The van der Waals surface area contributed by atoms with Gasteiger partial charge in [0.2, 0.25) is 0 Å². The van der Waals surface area contributed by atoms with Crippen LogP contribution in [0, 0.1) is 41.5 Å². The number of aryl methyl sites for hydroxylation is 6. The molecule has 0 amide bonds. The minimum absolute atomic E-state index is 0.0579. The molecule has 0 N–H and O–H groups in total. The molecule has 26 heavy (non-hydrogen) atoms. The van der Waals surface area contributed by atoms with Gasteiger partial charge in [0, 0.05) is 11.1 Å². The van der Waals surface area contributed by atoms with Crippen LogP contribution in [0.2, 0.25) is 0 Å². The molecule has 3 heteroatoms. The minimum Gasteiger partial charge on any atom is -0.288 e. The summed E-state index contributed by atoms with van der Waals surface area (Å²) >= 11 is 0. The molecular weight excluding hydrogens is 339 g/mol. The lowest BCUT2D eigenvalue weighted by Gasteiger charge is -2.18. The fourth-order valence-corrected chi connectivity index (χ4v) is 5.59. The monoisotopic (exact) mass is 366 g/mol. The number of hydrogen-bond acceptors (Lipinski definition) is 2. The molecule has 2 aromatic rings. The van der Waals surface area contributed by atoms with Crippen LogP contribution in [-0.2, 0) is 0 Å². The van der Waals surface area contributed by atoms with Crippen molar-refractivity contribution in [1.82, 2.24) is 0 Å². The molecule has 0 radical (unpaired) electrons. The zero-order valence-corrected chi connectivity index (χ0v) is 17.6. The van der Waals surface area contributed by atoms with Crippen LogP contribution in [0.5, 0.6) is 0 Å². The standard InChI is InChI=1S/C23H27O2P/c1-8-9-26(22(24)20-16(4)10-14(2)11-17(20)5)23(25)21-18(6)12-15(3)13-19(21)7/h8-13H,1-7H3. The molecule has 136 valence electrons. The predicted octanol–water partition coefficient (Wildman–Crippen LogP) is 6.53. The topological polar surface area (TPSA) is 34.1 Å². The fourth-order valence-electron chi connectivity index (χ4n) is 3.65. The van der Waals surface area contributed by atoms with E-state index < -0.39 is 7.92 Å². The maximum absolute atomic E-state index is 13.3. The van der Waals surface area contributed by atoms with Gasteiger partial charge in [-0.05, 0) is 76.5 Å². The molecular formula is C23H27O2P. The highest BCUT2D eigenvalue weighted by Crippen LogP contribution is 2.47. The Morgan fingerprint density at radius 1 is 0.692 bits per heavy atom. The molecule has 0 aliphatic heterocycles. The number of rotatable bonds is 5. The second kappa shape index (κ2) is 8.10. The van der Waals surface area contributed by atoms with E-state index in [1.807, 2.05) is 78.8 Å². The number of carbonyl (C=O) groups is 2. The van der Waals surface area contributed by atoms with E-state index in [0.717, 1.165) is 33.4 Å². The maximum atomic E-state index is 13.3. The fraction of sp³-hybridized carbons (Fsp3) is 0.304. The average Bonchev–Trinajstić information content (AvgIpc) is 2.50. The van der Waals surface area contributed by atoms with E-state index >= 15 is 0 Å². The number of hydrogen-bond donors (Lipinski definition) is 0. The smallest absolute Gasteiger partial charge is 0.196 e. The molecule has 0 heterocycles. The third kappa shape index (κ3) is 4.02. The van der Waals surface area contributed by atoms with Crippen LogP contribution >= 0.6 is 7.92 Å². The predicted molar refractivity (Wildman–Crippen MR) is 112 cm³/mol. The Bertz CT molecular complexity index is 791. The first-order valence-electron chi connectivity index (χ1n) is 8.83. The van der Waals surface area contributed by atoms with Gasteiger partial charge in [-0.3, -0.25) is 9.59 Å². The van der Waals surface area contributed by atoms with E-state index in [2.05, 4.69) is 0 Å². The van der Waals surface area contributed by atoms with E-state index in [4.69, 9.17) is 0 Å². The second-order valence-corrected chi connectivity index (χ2v) is 8.86. The van der Waals surface area contributed by atoms with Crippen LogP contribution < -0.4 is 0 Å². The van der Waals surface area contributed by atoms with Crippen LogP contribution in [0.25, 0.3) is 0 Å². The van der Waals surface area contributed by atoms with Gasteiger partial charge >= 0.3 is 0 Å². The Morgan fingerprint density at radius 2 is 1.00 bits per heavy atom. The molecule has 0 saturated carbocycles. The summed E-state index contributed by atoms with van der Waals surface area (Å²) in [6.45, 7) is 13.7. The van der Waals surface area contributed by atoms with Crippen molar-refractivity contribution >= 4 is 19.0 Å². The lowest BCUT2D eigenvalue weighted by Crippen LogP contribution is -2.11. The number of benzene rings is 2. The van der Waals surface area contributed by atoms with Gasteiger partial charge in [0.05, 0.1) is 7.92 Å². The van der Waals surface area contributed by atoms with Crippen LogP contribution in [0.3, 0.4) is 0 Å². The van der Waals surface area contributed by atoms with Crippen LogP contribution in [0.15, 0.2) is 36.2 Å². The molecule has 0 spiro atoms. The van der Waals surface area contributed by atoms with Crippen molar-refractivity contribution in [3.63, 3.8) is 0 Å². The lowest BCUT2D eigenvalue weighted by atomic mass is 10.0. The molecule has 0 saturated heterocycles. The zero-order valence-electron chi connectivity index (χ0n) is 16.7. The third-order valence-electron chi connectivity index (χ3n) is 4.52. The highest BCUT2D eigenvalue weighted by Gasteiger charge is 2.30. The van der Waals surface area contributed by atoms with Crippen molar-refractivity contribution in [3.8, 4) is 0 Å². The van der Waals surface area contributed by atoms with Crippen molar-refractivity contribution in [1.29, 1.82) is 0 Å². The van der Waals surface area contributed by atoms with Crippen molar-refractivity contribution < 1.29 is 9.59 Å². The van der Waals surface area contributed by atoms with E-state index in [1.165, 1.54) is 0 Å². The molecule has 2 nitrogen and oxygen atoms in total. The zero-order chi connectivity index (χ0) is 19.6. The molecule has 0 aliphatic carbocycles. The van der Waals surface area contributed by atoms with Crippen LogP contribution in [0.4, 0.5) is 0 Å². The number of carbonyl (C=O) groups excluding carboxylic acids is 2. The van der Waals surface area contributed by atoms with E-state index in [0.29, 0.717) is 11.1 Å². The average molecular weight is 366 g/mol. The number of allylic oxidation sites excluding steroid dienone is 1. The molecule has 0 aromatic heterocycles. The van der Waals surface area contributed by atoms with Crippen molar-refractivity contribution in [2.75, 3.05) is 0 Å². The van der Waals surface area contributed by atoms with Gasteiger partial charge in [-0.1, -0.05) is 41.5 Å². The first kappa shape index (κ1) is 20.3. The van der Waals surface area contributed by atoms with Gasteiger partial charge < -0.3 is 0 Å². The Hall–Kier alpha value is -2.05. The van der Waals surface area contributed by atoms with Crippen molar-refractivity contribution in [2.24, 2.45) is 0 Å². The summed E-state index contributed by atoms with van der Waals surface area (Å²) in [5.74, 6) is 1.79. The van der Waals surface area contributed by atoms with Gasteiger partial charge in [0.15, 0.2) is 11.0 Å². The Labute approximate surface area is 158 Å². The molecule has 0 unspecified atom stereocenters. The summed E-state index contributed by atoms with van der Waals surface area (Å²) in [5.41, 5.74) is 7.28. The Morgan fingerprint density at radius 3 is 1.27 bits per heavy atom.